The molecule has 1 saturated heterocycles. The molecule has 0 aromatic carbocycles. The highest BCUT2D eigenvalue weighted by Gasteiger charge is 2.39. The monoisotopic (exact) mass is 288 g/mol. The summed E-state index contributed by atoms with van der Waals surface area (Å²) in [5.41, 5.74) is 0. The zero-order chi connectivity index (χ0) is 14.9. The fourth-order valence-corrected chi connectivity index (χ4v) is 4.66. The third kappa shape index (κ3) is 3.19. The Labute approximate surface area is 128 Å². The number of fused-ring (bicyclic) bond motifs is 2. The molecule has 2 atom stereocenters. The van der Waals surface area contributed by atoms with Gasteiger partial charge in [-0.2, -0.15) is 0 Å². The van der Waals surface area contributed by atoms with Gasteiger partial charge in [-0.1, -0.05) is 56.7 Å². The Morgan fingerprint density at radius 1 is 0.857 bits per heavy atom. The lowest BCUT2D eigenvalue weighted by Crippen LogP contribution is -2.35. The van der Waals surface area contributed by atoms with Crippen molar-refractivity contribution in [3.8, 4) is 0 Å². The number of cyclic esters (lactones) is 2. The fraction of sp³-hybridized carbons (Fsp3) is 0.882. The molecule has 1 heterocycles. The van der Waals surface area contributed by atoms with Crippen molar-refractivity contribution in [3.63, 3.8) is 0 Å². The first kappa shape index (κ1) is 15.1. The van der Waals surface area contributed by atoms with E-state index < -0.39 is 0 Å². The summed E-state index contributed by atoms with van der Waals surface area (Å²) >= 11 is 0. The minimum Gasteiger partial charge on any atom is -0.393 e. The lowest BCUT2D eigenvalue weighted by atomic mass is 9.57. The zero-order valence-electron chi connectivity index (χ0n) is 12.8. The third-order valence-corrected chi connectivity index (χ3v) is 5.99. The van der Waals surface area contributed by atoms with E-state index in [2.05, 4.69) is 0 Å². The maximum absolute atomic E-state index is 11.8. The molecule has 3 rings (SSSR count). The molecule has 0 aromatic heterocycles. The van der Waals surface area contributed by atoms with Crippen LogP contribution in [0.1, 0.15) is 70.6 Å². The molecule has 2 unspecified atom stereocenters. The van der Waals surface area contributed by atoms with E-state index in [0.29, 0.717) is 12.3 Å². The Balaban J connectivity index is 1.68. The summed E-state index contributed by atoms with van der Waals surface area (Å²) in [6, 6.07) is 0. The average Bonchev–Trinajstić information content (AvgIpc) is 2.90. The van der Waals surface area contributed by atoms with Crippen LogP contribution >= 0.6 is 0 Å². The van der Waals surface area contributed by atoms with Gasteiger partial charge in [0.05, 0.1) is 19.7 Å². The van der Waals surface area contributed by atoms with Gasteiger partial charge in [-0.15, -0.1) is 0 Å². The number of ether oxygens (including phenoxy) is 1. The molecule has 21 heavy (non-hydrogen) atoms. The summed E-state index contributed by atoms with van der Waals surface area (Å²) in [6.45, 7) is 0. The van der Waals surface area contributed by atoms with Gasteiger partial charge in [-0.3, -0.25) is 9.59 Å². The lowest BCUT2D eigenvalue weighted by Gasteiger charge is -2.37. The molecule has 4 heteroatoms. The van der Waals surface area contributed by atoms with Crippen LogP contribution in [-0.4, -0.2) is 19.8 Å². The van der Waals surface area contributed by atoms with Crippen LogP contribution in [0.15, 0.2) is 0 Å². The van der Waals surface area contributed by atoms with E-state index >= 15 is 0 Å². The van der Waals surface area contributed by atoms with E-state index in [1.165, 1.54) is 12.8 Å². The smallest absolute Gasteiger partial charge is 0.316 e. The van der Waals surface area contributed by atoms with Crippen LogP contribution in [0.25, 0.3) is 0 Å². The molecule has 3 nitrogen and oxygen atoms in total. The molecule has 2 saturated carbocycles. The first-order valence-corrected chi connectivity index (χ1v) is 8.63. The predicted molar refractivity (Wildman–Crippen MR) is 80.8 cm³/mol. The summed E-state index contributed by atoms with van der Waals surface area (Å²) in [5, 5.41) is 0.0127. The Bertz CT molecular complexity index is 388. The van der Waals surface area contributed by atoms with Crippen molar-refractivity contribution in [3.05, 3.63) is 0 Å². The van der Waals surface area contributed by atoms with Gasteiger partial charge in [0.15, 0.2) is 0 Å². The van der Waals surface area contributed by atoms with Crippen LogP contribution in [0.4, 0.5) is 0 Å². The molecular weight excluding hydrogens is 263 g/mol. The largest absolute Gasteiger partial charge is 0.393 e. The molecule has 3 aliphatic rings. The average molecular weight is 288 g/mol. The maximum Gasteiger partial charge on any atom is 0.316 e. The van der Waals surface area contributed by atoms with Crippen molar-refractivity contribution in [2.45, 2.75) is 75.9 Å². The number of carbonyl (C=O) groups is 2. The minimum absolute atomic E-state index is 0.0127. The topological polar surface area (TPSA) is 43.4 Å². The van der Waals surface area contributed by atoms with Gasteiger partial charge in [0, 0.05) is 0 Å². The fourth-order valence-electron chi connectivity index (χ4n) is 4.66. The minimum atomic E-state index is -0.295. The summed E-state index contributed by atoms with van der Waals surface area (Å²) < 4.78 is 4.93. The summed E-state index contributed by atoms with van der Waals surface area (Å²) in [4.78, 5) is 23.6. The molecule has 1 aliphatic heterocycles. The van der Waals surface area contributed by atoms with Crippen LogP contribution in [-0.2, 0) is 14.3 Å². The standard InChI is InChI=1S/C17H25BO3/c18-17(9-1-2-10-17)14-7-3-5-12-11-13(6-4-8-14)16(20)21-15(12)19/h12-14H,1-11H2. The number of esters is 2. The number of carbonyl (C=O) groups excluding carboxylic acids is 2. The Morgan fingerprint density at radius 2 is 1.38 bits per heavy atom. The SMILES string of the molecule is [B]C1(C2CCCC3CC(CCC2)C(=O)OC3=O)CCCC1. The molecule has 0 spiro atoms. The van der Waals surface area contributed by atoms with Gasteiger partial charge in [0.25, 0.3) is 0 Å². The van der Waals surface area contributed by atoms with Crippen molar-refractivity contribution in [1.82, 2.24) is 0 Å². The van der Waals surface area contributed by atoms with Gasteiger partial charge < -0.3 is 4.74 Å². The van der Waals surface area contributed by atoms with Crippen LogP contribution < -0.4 is 0 Å². The van der Waals surface area contributed by atoms with Crippen molar-refractivity contribution in [1.29, 1.82) is 0 Å². The van der Waals surface area contributed by atoms with Gasteiger partial charge in [-0.05, 0) is 25.2 Å². The van der Waals surface area contributed by atoms with Crippen LogP contribution in [0.5, 0.6) is 0 Å². The van der Waals surface area contributed by atoms with Crippen LogP contribution in [0, 0.1) is 17.8 Å². The Kier molecular flexibility index (Phi) is 4.42. The van der Waals surface area contributed by atoms with Crippen LogP contribution in [0.3, 0.4) is 0 Å². The second-order valence-corrected chi connectivity index (χ2v) is 7.37. The van der Waals surface area contributed by atoms with Gasteiger partial charge in [0.1, 0.15) is 0 Å². The summed E-state index contributed by atoms with van der Waals surface area (Å²) in [5.74, 6) is -0.161. The summed E-state index contributed by atoms with van der Waals surface area (Å²) in [6.07, 6.45) is 11.5. The molecule has 114 valence electrons. The normalized spacial score (nSPS) is 37.0. The van der Waals surface area contributed by atoms with Crippen molar-refractivity contribution in [2.24, 2.45) is 17.8 Å². The predicted octanol–water partition coefficient (Wildman–Crippen LogP) is 3.56. The molecule has 3 fully saturated rings. The zero-order valence-corrected chi connectivity index (χ0v) is 12.8. The Hall–Kier alpha value is -0.795. The highest BCUT2D eigenvalue weighted by Crippen LogP contribution is 2.52. The van der Waals surface area contributed by atoms with E-state index in [1.54, 1.807) is 0 Å². The highest BCUT2D eigenvalue weighted by atomic mass is 16.6. The molecule has 0 amide bonds. The van der Waals surface area contributed by atoms with E-state index in [9.17, 15) is 9.59 Å². The summed E-state index contributed by atoms with van der Waals surface area (Å²) in [7, 11) is 6.66. The second kappa shape index (κ2) is 6.14. The van der Waals surface area contributed by atoms with E-state index in [1.807, 2.05) is 0 Å². The van der Waals surface area contributed by atoms with Crippen LogP contribution in [0.2, 0.25) is 5.31 Å². The third-order valence-electron chi connectivity index (χ3n) is 5.99. The van der Waals surface area contributed by atoms with E-state index in [-0.39, 0.29) is 29.1 Å². The first-order valence-electron chi connectivity index (χ1n) is 8.63. The van der Waals surface area contributed by atoms with Gasteiger partial charge in [0.2, 0.25) is 0 Å². The number of hydrogen-bond donors (Lipinski definition) is 0. The first-order chi connectivity index (χ1) is 10.1. The Morgan fingerprint density at radius 3 is 1.90 bits per heavy atom. The van der Waals surface area contributed by atoms with E-state index in [4.69, 9.17) is 12.6 Å². The second-order valence-electron chi connectivity index (χ2n) is 7.37. The quantitative estimate of drug-likeness (QED) is 0.421. The van der Waals surface area contributed by atoms with Gasteiger partial charge in [-0.25, -0.2) is 0 Å². The molecule has 0 aromatic rings. The van der Waals surface area contributed by atoms with Crippen molar-refractivity contribution >= 4 is 19.8 Å². The molecule has 2 radical (unpaired) electrons. The maximum atomic E-state index is 11.8. The molecule has 2 bridgehead atoms. The number of rotatable bonds is 1. The highest BCUT2D eigenvalue weighted by molar-refractivity contribution is 6.15. The molecule has 0 N–H and O–H groups in total. The number of hydrogen-bond acceptors (Lipinski definition) is 3. The lowest BCUT2D eigenvalue weighted by molar-refractivity contribution is -0.172. The van der Waals surface area contributed by atoms with Gasteiger partial charge >= 0.3 is 11.9 Å². The van der Waals surface area contributed by atoms with Crippen molar-refractivity contribution < 1.29 is 14.3 Å². The van der Waals surface area contributed by atoms with Crippen molar-refractivity contribution in [2.75, 3.05) is 0 Å². The molecule has 2 aliphatic carbocycles. The van der Waals surface area contributed by atoms with E-state index in [0.717, 1.165) is 51.4 Å². The molecular formula is C17H25BO3.